The summed E-state index contributed by atoms with van der Waals surface area (Å²) in [5.41, 5.74) is 2.80. The zero-order chi connectivity index (χ0) is 21.4. The number of carboxylic acids is 1. The fourth-order valence-electron chi connectivity index (χ4n) is 4.07. The predicted molar refractivity (Wildman–Crippen MR) is 103 cm³/mol. The molecule has 0 radical (unpaired) electrons. The number of methoxy groups -OCH3 is 1. The molecule has 0 bridgehead atoms. The molecule has 2 fully saturated rings. The van der Waals surface area contributed by atoms with Crippen molar-refractivity contribution in [1.82, 2.24) is 4.90 Å². The molecule has 0 saturated carbocycles. The van der Waals surface area contributed by atoms with Crippen molar-refractivity contribution < 1.29 is 32.5 Å². The van der Waals surface area contributed by atoms with Crippen molar-refractivity contribution in [3.63, 3.8) is 0 Å². The van der Waals surface area contributed by atoms with Crippen LogP contribution in [0.3, 0.4) is 0 Å². The Kier molecular flexibility index (Phi) is 8.92. The molecule has 2 heterocycles. The third-order valence-electron chi connectivity index (χ3n) is 5.53. The lowest BCUT2D eigenvalue weighted by atomic mass is 9.87. The van der Waals surface area contributed by atoms with Gasteiger partial charge in [-0.2, -0.15) is 13.2 Å². The van der Waals surface area contributed by atoms with E-state index in [-0.39, 0.29) is 0 Å². The number of nitrogens with zero attached hydrogens (tertiary/aromatic N) is 1. The highest BCUT2D eigenvalue weighted by molar-refractivity contribution is 5.73. The Hall–Kier alpha value is -1.64. The molecule has 0 unspecified atom stereocenters. The Morgan fingerprint density at radius 1 is 1.28 bits per heavy atom. The summed E-state index contributed by atoms with van der Waals surface area (Å²) < 4.78 is 43.0. The van der Waals surface area contributed by atoms with Crippen molar-refractivity contribution >= 4 is 5.97 Å². The first kappa shape index (κ1) is 23.6. The first-order valence-electron chi connectivity index (χ1n) is 9.91. The molecule has 5 nitrogen and oxygen atoms in total. The van der Waals surface area contributed by atoms with Gasteiger partial charge in [-0.3, -0.25) is 4.90 Å². The maximum atomic E-state index is 10.6. The average molecular weight is 417 g/mol. The number of piperidine rings is 1. The molecule has 2 aliphatic rings. The molecule has 2 aliphatic heterocycles. The molecule has 1 aromatic rings. The van der Waals surface area contributed by atoms with Crippen molar-refractivity contribution in [3.8, 4) is 0 Å². The lowest BCUT2D eigenvalue weighted by Crippen LogP contribution is -2.50. The highest BCUT2D eigenvalue weighted by Gasteiger charge is 2.38. The number of aryl methyl sites for hydroxylation is 1. The summed E-state index contributed by atoms with van der Waals surface area (Å²) in [5.74, 6) is -2.16. The zero-order valence-corrected chi connectivity index (χ0v) is 17.0. The Morgan fingerprint density at radius 3 is 2.48 bits per heavy atom. The smallest absolute Gasteiger partial charge is 0.475 e. The number of aliphatic carboxylic acids is 1. The second-order valence-electron chi connectivity index (χ2n) is 7.66. The van der Waals surface area contributed by atoms with Crippen molar-refractivity contribution in [2.24, 2.45) is 5.92 Å². The number of likely N-dealkylation sites (tertiary alicyclic amines) is 1. The van der Waals surface area contributed by atoms with E-state index < -0.39 is 12.1 Å². The second kappa shape index (κ2) is 10.9. The molecular formula is C21H30F3NO4. The van der Waals surface area contributed by atoms with Gasteiger partial charge < -0.3 is 14.6 Å². The molecule has 3 rings (SSSR count). The predicted octanol–water partition coefficient (Wildman–Crippen LogP) is 3.69. The van der Waals surface area contributed by atoms with Gasteiger partial charge in [0.2, 0.25) is 0 Å². The topological polar surface area (TPSA) is 59.0 Å². The summed E-state index contributed by atoms with van der Waals surface area (Å²) in [7, 11) is 1.87. The summed E-state index contributed by atoms with van der Waals surface area (Å²) >= 11 is 0. The molecule has 29 heavy (non-hydrogen) atoms. The van der Waals surface area contributed by atoms with Crippen LogP contribution in [0, 0.1) is 12.8 Å². The number of rotatable bonds is 4. The molecule has 164 valence electrons. The van der Waals surface area contributed by atoms with Crippen molar-refractivity contribution in [3.05, 3.63) is 35.4 Å². The van der Waals surface area contributed by atoms with E-state index >= 15 is 0 Å². The largest absolute Gasteiger partial charge is 0.490 e. The molecule has 0 aromatic heterocycles. The van der Waals surface area contributed by atoms with Crippen LogP contribution in [0.25, 0.3) is 0 Å². The molecule has 8 heteroatoms. The Labute approximate surface area is 169 Å². The van der Waals surface area contributed by atoms with Crippen LogP contribution in [0.4, 0.5) is 13.2 Å². The van der Waals surface area contributed by atoms with Crippen LogP contribution in [0.2, 0.25) is 0 Å². The second-order valence-corrected chi connectivity index (χ2v) is 7.66. The zero-order valence-electron chi connectivity index (χ0n) is 17.0. The van der Waals surface area contributed by atoms with Crippen LogP contribution >= 0.6 is 0 Å². The minimum Gasteiger partial charge on any atom is -0.475 e. The van der Waals surface area contributed by atoms with Crippen molar-refractivity contribution in [1.29, 1.82) is 0 Å². The molecule has 0 amide bonds. The molecule has 1 N–H and O–H groups in total. The van der Waals surface area contributed by atoms with Crippen molar-refractivity contribution in [2.75, 3.05) is 33.4 Å². The number of hydrogen-bond donors (Lipinski definition) is 1. The van der Waals surface area contributed by atoms with Gasteiger partial charge in [-0.25, -0.2) is 4.79 Å². The van der Waals surface area contributed by atoms with Crippen LogP contribution in [0.5, 0.6) is 0 Å². The van der Waals surface area contributed by atoms with E-state index in [1.54, 1.807) is 0 Å². The normalized spacial score (nSPS) is 23.9. The van der Waals surface area contributed by atoms with Crippen LogP contribution in [-0.4, -0.2) is 67.7 Å². The number of carbonyl (C=O) groups is 1. The monoisotopic (exact) mass is 417 g/mol. The van der Waals surface area contributed by atoms with Gasteiger partial charge in [0.15, 0.2) is 0 Å². The van der Waals surface area contributed by atoms with Crippen LogP contribution in [-0.2, 0) is 20.7 Å². The summed E-state index contributed by atoms with van der Waals surface area (Å²) in [4.78, 5) is 11.6. The first-order valence-corrected chi connectivity index (χ1v) is 9.91. The van der Waals surface area contributed by atoms with E-state index in [0.29, 0.717) is 18.1 Å². The van der Waals surface area contributed by atoms with Gasteiger partial charge in [-0.1, -0.05) is 29.8 Å². The number of benzene rings is 1. The molecule has 2 atom stereocenters. The van der Waals surface area contributed by atoms with Gasteiger partial charge in [0.05, 0.1) is 6.10 Å². The number of alkyl halides is 3. The van der Waals surface area contributed by atoms with E-state index in [2.05, 4.69) is 36.1 Å². The van der Waals surface area contributed by atoms with Crippen LogP contribution < -0.4 is 0 Å². The summed E-state index contributed by atoms with van der Waals surface area (Å²) in [5, 5.41) is 7.12. The van der Waals surface area contributed by atoms with Gasteiger partial charge in [-0.05, 0) is 38.2 Å². The highest BCUT2D eigenvalue weighted by atomic mass is 19.4. The summed E-state index contributed by atoms with van der Waals surface area (Å²) in [6.07, 6.45) is -0.0231. The number of halogens is 3. The van der Waals surface area contributed by atoms with Gasteiger partial charge in [0.25, 0.3) is 0 Å². The third kappa shape index (κ3) is 7.60. The molecule has 0 spiro atoms. The highest BCUT2D eigenvalue weighted by Crippen LogP contribution is 2.27. The minimum atomic E-state index is -5.08. The van der Waals surface area contributed by atoms with E-state index in [4.69, 9.17) is 19.4 Å². The van der Waals surface area contributed by atoms with E-state index in [9.17, 15) is 13.2 Å². The van der Waals surface area contributed by atoms with Crippen LogP contribution in [0.1, 0.15) is 30.4 Å². The summed E-state index contributed by atoms with van der Waals surface area (Å²) in [6.45, 7) is 6.37. The Balaban J connectivity index is 0.000000370. The Morgan fingerprint density at radius 2 is 1.93 bits per heavy atom. The maximum Gasteiger partial charge on any atom is 0.490 e. The van der Waals surface area contributed by atoms with Crippen LogP contribution in [0.15, 0.2) is 24.3 Å². The first-order chi connectivity index (χ1) is 13.7. The van der Waals surface area contributed by atoms with Gasteiger partial charge in [-0.15, -0.1) is 0 Å². The molecule has 1 aromatic carbocycles. The lowest BCUT2D eigenvalue weighted by Gasteiger charge is -2.43. The van der Waals surface area contributed by atoms with E-state index in [1.165, 1.54) is 30.5 Å². The standard InChI is InChI=1S/C19H29NO2.C2HF3O2/c1-15-4-3-5-16(12-15)13-17-14-20(9-6-19(17)21-2)18-7-10-22-11-8-18;3-2(4,5)1(6)7/h3-5,12,17-19H,6-11,13-14H2,1-2H3;(H,6,7)/t17-,19+;/m0./s1. The molecular weight excluding hydrogens is 387 g/mol. The van der Waals surface area contributed by atoms with Gasteiger partial charge in [0, 0.05) is 45.4 Å². The minimum absolute atomic E-state index is 0.400. The average Bonchev–Trinajstić information content (AvgIpc) is 2.68. The third-order valence-corrected chi connectivity index (χ3v) is 5.53. The summed E-state index contributed by atoms with van der Waals surface area (Å²) in [6, 6.07) is 9.64. The SMILES string of the molecule is CO[C@@H]1CCN(C2CCOCC2)C[C@@H]1Cc1cccc(C)c1.O=C(O)C(F)(F)F. The number of carboxylic acid groups (broad SMARTS) is 1. The molecule has 0 aliphatic carbocycles. The number of hydrogen-bond acceptors (Lipinski definition) is 4. The number of ether oxygens (including phenoxy) is 2. The van der Waals surface area contributed by atoms with Gasteiger partial charge >= 0.3 is 12.1 Å². The lowest BCUT2D eigenvalue weighted by molar-refractivity contribution is -0.192. The quantitative estimate of drug-likeness (QED) is 0.810. The maximum absolute atomic E-state index is 10.6. The van der Waals surface area contributed by atoms with E-state index in [1.807, 2.05) is 7.11 Å². The van der Waals surface area contributed by atoms with E-state index in [0.717, 1.165) is 32.6 Å². The molecule has 2 saturated heterocycles. The Bertz CT molecular complexity index is 647. The fourth-order valence-corrected chi connectivity index (χ4v) is 4.07. The van der Waals surface area contributed by atoms with Crippen molar-refractivity contribution in [2.45, 2.75) is 50.9 Å². The van der Waals surface area contributed by atoms with Gasteiger partial charge in [0.1, 0.15) is 0 Å². The fraction of sp³-hybridized carbons (Fsp3) is 0.667.